The molecule has 0 radical (unpaired) electrons. The number of hydrogen-bond donors (Lipinski definition) is 2. The van der Waals surface area contributed by atoms with Crippen LogP contribution in [0.1, 0.15) is 5.56 Å². The second kappa shape index (κ2) is 7.51. The van der Waals surface area contributed by atoms with Crippen molar-refractivity contribution in [3.05, 3.63) is 72.4 Å². The van der Waals surface area contributed by atoms with Crippen molar-refractivity contribution >= 4 is 39.1 Å². The first-order valence-electron chi connectivity index (χ1n) is 8.46. The second-order valence-electron chi connectivity index (χ2n) is 6.08. The standard InChI is InChI=1S/C20H13F3N4OS/c21-20(22,23)13-6-8-14(9-7-13)25-19(28)26-15-4-1-3-12(11-15)17-27-16-5-2-10-24-18(16)29-17/h1-11H,(H2,25,26,28). The number of urea groups is 1. The fourth-order valence-electron chi connectivity index (χ4n) is 2.66. The fraction of sp³-hybridized carbons (Fsp3) is 0.0500. The third kappa shape index (κ3) is 4.35. The quantitative estimate of drug-likeness (QED) is 0.431. The minimum Gasteiger partial charge on any atom is -0.308 e. The zero-order valence-corrected chi connectivity index (χ0v) is 15.5. The molecule has 2 amide bonds. The van der Waals surface area contributed by atoms with Crippen molar-refractivity contribution in [1.29, 1.82) is 0 Å². The molecule has 0 saturated carbocycles. The molecule has 0 aliphatic heterocycles. The van der Waals surface area contributed by atoms with Gasteiger partial charge in [-0.05, 0) is 48.5 Å². The van der Waals surface area contributed by atoms with Gasteiger partial charge in [0.2, 0.25) is 0 Å². The number of rotatable bonds is 3. The van der Waals surface area contributed by atoms with Crippen LogP contribution < -0.4 is 10.6 Å². The van der Waals surface area contributed by atoms with E-state index in [1.807, 2.05) is 18.2 Å². The summed E-state index contributed by atoms with van der Waals surface area (Å²) < 4.78 is 37.8. The molecular formula is C20H13F3N4OS. The summed E-state index contributed by atoms with van der Waals surface area (Å²) in [5, 5.41) is 5.95. The van der Waals surface area contributed by atoms with E-state index in [-0.39, 0.29) is 5.69 Å². The Morgan fingerprint density at radius 2 is 1.69 bits per heavy atom. The molecule has 0 spiro atoms. The van der Waals surface area contributed by atoms with Crippen molar-refractivity contribution in [2.24, 2.45) is 0 Å². The highest BCUT2D eigenvalue weighted by Crippen LogP contribution is 2.31. The highest BCUT2D eigenvalue weighted by molar-refractivity contribution is 7.21. The van der Waals surface area contributed by atoms with Gasteiger partial charge in [-0.2, -0.15) is 13.2 Å². The maximum absolute atomic E-state index is 12.6. The van der Waals surface area contributed by atoms with E-state index in [0.29, 0.717) is 5.69 Å². The molecule has 0 aliphatic rings. The smallest absolute Gasteiger partial charge is 0.308 e. The first-order chi connectivity index (χ1) is 13.9. The average Bonchev–Trinajstić information content (AvgIpc) is 3.12. The first-order valence-corrected chi connectivity index (χ1v) is 9.27. The van der Waals surface area contributed by atoms with Crippen molar-refractivity contribution in [3.63, 3.8) is 0 Å². The maximum Gasteiger partial charge on any atom is 0.416 e. The van der Waals surface area contributed by atoms with Gasteiger partial charge in [-0.3, -0.25) is 0 Å². The number of carbonyl (C=O) groups excluding carboxylic acids is 1. The monoisotopic (exact) mass is 414 g/mol. The van der Waals surface area contributed by atoms with Crippen LogP contribution in [0, 0.1) is 0 Å². The Kier molecular flexibility index (Phi) is 4.89. The molecule has 2 N–H and O–H groups in total. The lowest BCUT2D eigenvalue weighted by Gasteiger charge is -2.10. The lowest BCUT2D eigenvalue weighted by molar-refractivity contribution is -0.137. The molecule has 0 aliphatic carbocycles. The van der Waals surface area contributed by atoms with Gasteiger partial charge in [0.25, 0.3) is 0 Å². The molecule has 9 heteroatoms. The van der Waals surface area contributed by atoms with Crippen molar-refractivity contribution < 1.29 is 18.0 Å². The summed E-state index contributed by atoms with van der Waals surface area (Å²) in [5.41, 5.74) is 1.62. The average molecular weight is 414 g/mol. The third-order valence-corrected chi connectivity index (χ3v) is 5.03. The number of anilines is 2. The number of halogens is 3. The minimum atomic E-state index is -4.42. The van der Waals surface area contributed by atoms with E-state index in [1.165, 1.54) is 23.5 Å². The summed E-state index contributed by atoms with van der Waals surface area (Å²) in [4.78, 5) is 21.8. The van der Waals surface area contributed by atoms with Crippen molar-refractivity contribution in [2.75, 3.05) is 10.6 Å². The van der Waals surface area contributed by atoms with Crippen molar-refractivity contribution in [2.45, 2.75) is 6.18 Å². The van der Waals surface area contributed by atoms with Gasteiger partial charge in [-0.25, -0.2) is 14.8 Å². The zero-order chi connectivity index (χ0) is 20.4. The van der Waals surface area contributed by atoms with E-state index in [1.54, 1.807) is 24.4 Å². The van der Waals surface area contributed by atoms with Crippen LogP contribution in [0.15, 0.2) is 66.9 Å². The van der Waals surface area contributed by atoms with Gasteiger partial charge in [0.05, 0.1) is 5.56 Å². The second-order valence-corrected chi connectivity index (χ2v) is 7.06. The summed E-state index contributed by atoms with van der Waals surface area (Å²) in [6.07, 6.45) is -2.72. The SMILES string of the molecule is O=C(Nc1ccc(C(F)(F)F)cc1)Nc1cccc(-c2nc3cccnc3s2)c1. The molecule has 4 rings (SSSR count). The zero-order valence-electron chi connectivity index (χ0n) is 14.7. The number of pyridine rings is 1. The van der Waals surface area contributed by atoms with Gasteiger partial charge < -0.3 is 10.6 Å². The van der Waals surface area contributed by atoms with E-state index >= 15 is 0 Å². The number of benzene rings is 2. The van der Waals surface area contributed by atoms with Gasteiger partial charge in [0.15, 0.2) is 0 Å². The molecule has 2 aromatic heterocycles. The van der Waals surface area contributed by atoms with Crippen LogP contribution >= 0.6 is 11.3 Å². The van der Waals surface area contributed by atoms with Gasteiger partial charge in [-0.15, -0.1) is 0 Å². The number of carbonyl (C=O) groups is 1. The lowest BCUT2D eigenvalue weighted by Crippen LogP contribution is -2.19. The highest BCUT2D eigenvalue weighted by atomic mass is 32.1. The Morgan fingerprint density at radius 1 is 0.931 bits per heavy atom. The largest absolute Gasteiger partial charge is 0.416 e. The maximum atomic E-state index is 12.6. The minimum absolute atomic E-state index is 0.254. The van der Waals surface area contributed by atoms with E-state index in [2.05, 4.69) is 20.6 Å². The predicted octanol–water partition coefficient (Wildman–Crippen LogP) is 6.02. The number of thiazole rings is 1. The molecule has 0 bridgehead atoms. The summed E-state index contributed by atoms with van der Waals surface area (Å²) in [7, 11) is 0. The third-order valence-electron chi connectivity index (χ3n) is 4.00. The first kappa shape index (κ1) is 18.9. The van der Waals surface area contributed by atoms with Crippen LogP contribution in [0.25, 0.3) is 20.9 Å². The van der Waals surface area contributed by atoms with Crippen LogP contribution in [0.5, 0.6) is 0 Å². The van der Waals surface area contributed by atoms with E-state index < -0.39 is 17.8 Å². The van der Waals surface area contributed by atoms with Crippen LogP contribution in [-0.2, 0) is 6.18 Å². The molecule has 0 saturated heterocycles. The summed E-state index contributed by atoms with van der Waals surface area (Å²) in [5.74, 6) is 0. The van der Waals surface area contributed by atoms with Gasteiger partial charge in [0.1, 0.15) is 15.4 Å². The highest BCUT2D eigenvalue weighted by Gasteiger charge is 2.29. The van der Waals surface area contributed by atoms with Crippen molar-refractivity contribution in [3.8, 4) is 10.6 Å². The van der Waals surface area contributed by atoms with E-state index in [9.17, 15) is 18.0 Å². The van der Waals surface area contributed by atoms with Gasteiger partial charge in [-0.1, -0.05) is 23.5 Å². The normalized spacial score (nSPS) is 11.4. The van der Waals surface area contributed by atoms with Crippen molar-refractivity contribution in [1.82, 2.24) is 9.97 Å². The van der Waals surface area contributed by atoms with Crippen LogP contribution in [-0.4, -0.2) is 16.0 Å². The molecule has 5 nitrogen and oxygen atoms in total. The predicted molar refractivity (Wildman–Crippen MR) is 107 cm³/mol. The lowest BCUT2D eigenvalue weighted by atomic mass is 10.2. The number of alkyl halides is 3. The Labute approximate surface area is 167 Å². The number of hydrogen-bond acceptors (Lipinski definition) is 4. The van der Waals surface area contributed by atoms with E-state index in [0.717, 1.165) is 33.1 Å². The Morgan fingerprint density at radius 3 is 2.41 bits per heavy atom. The molecular weight excluding hydrogens is 401 g/mol. The van der Waals surface area contributed by atoms with Crippen LogP contribution in [0.4, 0.5) is 29.3 Å². The summed E-state index contributed by atoms with van der Waals surface area (Å²) in [6, 6.07) is 14.5. The topological polar surface area (TPSA) is 66.9 Å². The number of amides is 2. The summed E-state index contributed by atoms with van der Waals surface area (Å²) >= 11 is 1.44. The molecule has 0 fully saturated rings. The van der Waals surface area contributed by atoms with E-state index in [4.69, 9.17) is 0 Å². The molecule has 2 heterocycles. The Balaban J connectivity index is 1.47. The van der Waals surface area contributed by atoms with Crippen LogP contribution in [0.2, 0.25) is 0 Å². The Bertz CT molecular complexity index is 1140. The number of fused-ring (bicyclic) bond motifs is 1. The van der Waals surface area contributed by atoms with Crippen LogP contribution in [0.3, 0.4) is 0 Å². The number of nitrogens with zero attached hydrogens (tertiary/aromatic N) is 2. The van der Waals surface area contributed by atoms with Gasteiger partial charge >= 0.3 is 12.2 Å². The summed E-state index contributed by atoms with van der Waals surface area (Å²) in [6.45, 7) is 0. The fourth-order valence-corrected chi connectivity index (χ4v) is 3.56. The number of nitrogens with one attached hydrogen (secondary N) is 2. The molecule has 0 atom stereocenters. The molecule has 2 aromatic carbocycles. The van der Waals surface area contributed by atoms with Gasteiger partial charge in [0, 0.05) is 23.1 Å². The Hall–Kier alpha value is -3.46. The number of aromatic nitrogens is 2. The molecule has 29 heavy (non-hydrogen) atoms. The molecule has 0 unspecified atom stereocenters. The molecule has 146 valence electrons. The molecule has 4 aromatic rings.